The van der Waals surface area contributed by atoms with Crippen molar-refractivity contribution >= 4 is 0 Å². The zero-order valence-corrected chi connectivity index (χ0v) is 10.7. The van der Waals surface area contributed by atoms with Crippen molar-refractivity contribution in [3.8, 4) is 0 Å². The summed E-state index contributed by atoms with van der Waals surface area (Å²) in [5, 5.41) is 9.79. The molecule has 0 aromatic rings. The molecule has 1 aliphatic heterocycles. The summed E-state index contributed by atoms with van der Waals surface area (Å²) in [6.45, 7) is 7.98. The van der Waals surface area contributed by atoms with Crippen molar-refractivity contribution in [2.75, 3.05) is 40.0 Å². The van der Waals surface area contributed by atoms with E-state index in [9.17, 15) is 5.11 Å². The second kappa shape index (κ2) is 7.22. The third-order valence-electron chi connectivity index (χ3n) is 2.90. The van der Waals surface area contributed by atoms with Crippen LogP contribution >= 0.6 is 0 Å². The lowest BCUT2D eigenvalue weighted by atomic mass is 9.98. The van der Waals surface area contributed by atoms with Crippen molar-refractivity contribution in [3.05, 3.63) is 0 Å². The van der Waals surface area contributed by atoms with Gasteiger partial charge in [-0.3, -0.25) is 0 Å². The number of hydrogen-bond donors (Lipinski definition) is 1. The Labute approximate surface area is 98.5 Å². The Morgan fingerprint density at radius 3 is 2.88 bits per heavy atom. The molecule has 2 atom stereocenters. The molecule has 1 N–H and O–H groups in total. The maximum Gasteiger partial charge on any atom is 0.0624 e. The molecular formula is C12H25NO3. The van der Waals surface area contributed by atoms with E-state index in [1.165, 1.54) is 0 Å². The number of nitrogens with zero attached hydrogens (tertiary/aromatic N) is 1. The first-order valence-corrected chi connectivity index (χ1v) is 6.15. The van der Waals surface area contributed by atoms with Crippen LogP contribution in [0.15, 0.2) is 0 Å². The van der Waals surface area contributed by atoms with Crippen LogP contribution in [-0.2, 0) is 9.47 Å². The molecule has 0 radical (unpaired) electrons. The van der Waals surface area contributed by atoms with Crippen LogP contribution in [0.3, 0.4) is 0 Å². The molecule has 1 rings (SSSR count). The summed E-state index contributed by atoms with van der Waals surface area (Å²) < 4.78 is 10.9. The van der Waals surface area contributed by atoms with Crippen LogP contribution in [0.1, 0.15) is 20.3 Å². The number of hydrogen-bond acceptors (Lipinski definition) is 4. The molecule has 1 saturated heterocycles. The molecule has 1 fully saturated rings. The summed E-state index contributed by atoms with van der Waals surface area (Å²) in [6, 6.07) is 0. The second-order valence-corrected chi connectivity index (χ2v) is 4.87. The van der Waals surface area contributed by atoms with Gasteiger partial charge in [0.2, 0.25) is 0 Å². The highest BCUT2D eigenvalue weighted by atomic mass is 16.5. The van der Waals surface area contributed by atoms with Crippen LogP contribution in [0.2, 0.25) is 0 Å². The summed E-state index contributed by atoms with van der Waals surface area (Å²) in [4.78, 5) is 2.20. The number of ether oxygens (including phenoxy) is 2. The van der Waals surface area contributed by atoms with E-state index in [0.29, 0.717) is 13.2 Å². The summed E-state index contributed by atoms with van der Waals surface area (Å²) >= 11 is 0. The minimum atomic E-state index is -0.206. The Morgan fingerprint density at radius 1 is 1.50 bits per heavy atom. The third kappa shape index (κ3) is 5.25. The van der Waals surface area contributed by atoms with Crippen LogP contribution in [0, 0.1) is 5.92 Å². The molecule has 4 heteroatoms. The molecule has 0 bridgehead atoms. The Bertz CT molecular complexity index is 187. The SMILES string of the molecule is CC(C)OCCN(C)CC1COCCC1O. The largest absolute Gasteiger partial charge is 0.393 e. The van der Waals surface area contributed by atoms with Gasteiger partial charge in [-0.15, -0.1) is 0 Å². The van der Waals surface area contributed by atoms with E-state index in [0.717, 1.165) is 26.1 Å². The van der Waals surface area contributed by atoms with Gasteiger partial charge in [0.25, 0.3) is 0 Å². The van der Waals surface area contributed by atoms with E-state index < -0.39 is 0 Å². The summed E-state index contributed by atoms with van der Waals surface area (Å²) in [5.74, 6) is 0.248. The zero-order chi connectivity index (χ0) is 12.0. The Balaban J connectivity index is 2.14. The molecule has 0 aromatic heterocycles. The van der Waals surface area contributed by atoms with E-state index in [2.05, 4.69) is 11.9 Å². The van der Waals surface area contributed by atoms with Crippen LogP contribution in [-0.4, -0.2) is 62.2 Å². The van der Waals surface area contributed by atoms with Gasteiger partial charge in [0.15, 0.2) is 0 Å². The highest BCUT2D eigenvalue weighted by Crippen LogP contribution is 2.15. The Morgan fingerprint density at radius 2 is 2.25 bits per heavy atom. The summed E-state index contributed by atoms with van der Waals surface area (Å²) in [7, 11) is 2.06. The minimum Gasteiger partial charge on any atom is -0.393 e. The molecule has 0 saturated carbocycles. The zero-order valence-electron chi connectivity index (χ0n) is 10.7. The maximum absolute atomic E-state index is 9.79. The van der Waals surface area contributed by atoms with Gasteiger partial charge in [0.1, 0.15) is 0 Å². The van der Waals surface area contributed by atoms with Crippen molar-refractivity contribution in [1.29, 1.82) is 0 Å². The van der Waals surface area contributed by atoms with Gasteiger partial charge < -0.3 is 19.5 Å². The maximum atomic E-state index is 9.79. The van der Waals surface area contributed by atoms with Gasteiger partial charge in [-0.25, -0.2) is 0 Å². The number of aliphatic hydroxyl groups is 1. The standard InChI is InChI=1S/C12H25NO3/c1-10(2)16-7-5-13(3)8-11-9-15-6-4-12(11)14/h10-12,14H,4-9H2,1-3H3. The smallest absolute Gasteiger partial charge is 0.0624 e. The molecule has 1 heterocycles. The van der Waals surface area contributed by atoms with Crippen molar-refractivity contribution in [2.24, 2.45) is 5.92 Å². The van der Waals surface area contributed by atoms with Gasteiger partial charge in [0, 0.05) is 25.6 Å². The van der Waals surface area contributed by atoms with Crippen molar-refractivity contribution < 1.29 is 14.6 Å². The van der Waals surface area contributed by atoms with Crippen LogP contribution in [0.25, 0.3) is 0 Å². The van der Waals surface area contributed by atoms with E-state index >= 15 is 0 Å². The number of rotatable bonds is 6. The average molecular weight is 231 g/mol. The minimum absolute atomic E-state index is 0.206. The van der Waals surface area contributed by atoms with E-state index in [1.807, 2.05) is 13.8 Å². The molecule has 0 amide bonds. The fourth-order valence-corrected chi connectivity index (χ4v) is 1.90. The fraction of sp³-hybridized carbons (Fsp3) is 1.00. The quantitative estimate of drug-likeness (QED) is 0.732. The lowest BCUT2D eigenvalue weighted by Gasteiger charge is -2.31. The third-order valence-corrected chi connectivity index (χ3v) is 2.90. The Kier molecular flexibility index (Phi) is 6.28. The van der Waals surface area contributed by atoms with E-state index in [4.69, 9.17) is 9.47 Å². The average Bonchev–Trinajstić information content (AvgIpc) is 2.21. The monoisotopic (exact) mass is 231 g/mol. The molecule has 2 unspecified atom stereocenters. The summed E-state index contributed by atoms with van der Waals surface area (Å²) in [5.41, 5.74) is 0. The van der Waals surface area contributed by atoms with Gasteiger partial charge >= 0.3 is 0 Å². The highest BCUT2D eigenvalue weighted by molar-refractivity contribution is 4.75. The first-order chi connectivity index (χ1) is 7.59. The predicted octanol–water partition coefficient (Wildman–Crippen LogP) is 0.741. The molecule has 96 valence electrons. The summed E-state index contributed by atoms with van der Waals surface area (Å²) in [6.07, 6.45) is 0.847. The lowest BCUT2D eigenvalue weighted by molar-refractivity contribution is -0.0468. The fourth-order valence-electron chi connectivity index (χ4n) is 1.90. The van der Waals surface area contributed by atoms with Crippen LogP contribution < -0.4 is 0 Å². The lowest BCUT2D eigenvalue weighted by Crippen LogP contribution is -2.40. The van der Waals surface area contributed by atoms with Crippen LogP contribution in [0.5, 0.6) is 0 Å². The van der Waals surface area contributed by atoms with Gasteiger partial charge in [0.05, 0.1) is 25.4 Å². The number of likely N-dealkylation sites (N-methyl/N-ethyl adjacent to an activating group) is 1. The Hall–Kier alpha value is -0.160. The first kappa shape index (κ1) is 13.9. The van der Waals surface area contributed by atoms with Gasteiger partial charge in [-0.05, 0) is 27.3 Å². The normalized spacial score (nSPS) is 26.6. The van der Waals surface area contributed by atoms with E-state index in [-0.39, 0.29) is 18.1 Å². The van der Waals surface area contributed by atoms with E-state index in [1.54, 1.807) is 0 Å². The van der Waals surface area contributed by atoms with Crippen molar-refractivity contribution in [3.63, 3.8) is 0 Å². The predicted molar refractivity (Wildman–Crippen MR) is 63.5 cm³/mol. The van der Waals surface area contributed by atoms with Crippen molar-refractivity contribution in [1.82, 2.24) is 4.90 Å². The molecule has 0 aromatic carbocycles. The molecule has 0 aliphatic carbocycles. The molecule has 0 spiro atoms. The first-order valence-electron chi connectivity index (χ1n) is 6.15. The van der Waals surface area contributed by atoms with Gasteiger partial charge in [-0.2, -0.15) is 0 Å². The second-order valence-electron chi connectivity index (χ2n) is 4.87. The number of aliphatic hydroxyl groups excluding tert-OH is 1. The van der Waals surface area contributed by atoms with Crippen LogP contribution in [0.4, 0.5) is 0 Å². The molecule has 4 nitrogen and oxygen atoms in total. The molecular weight excluding hydrogens is 206 g/mol. The molecule has 16 heavy (non-hydrogen) atoms. The van der Waals surface area contributed by atoms with Gasteiger partial charge in [-0.1, -0.05) is 0 Å². The molecule has 1 aliphatic rings. The topological polar surface area (TPSA) is 41.9 Å². The van der Waals surface area contributed by atoms with Crippen molar-refractivity contribution in [2.45, 2.75) is 32.5 Å². The highest BCUT2D eigenvalue weighted by Gasteiger charge is 2.24.